The van der Waals surface area contributed by atoms with E-state index in [-0.39, 0.29) is 12.5 Å². The number of hydrogen-bond donors (Lipinski definition) is 1. The largest absolute Gasteiger partial charge is 0.489 e. The summed E-state index contributed by atoms with van der Waals surface area (Å²) in [5, 5.41) is 9.07. The molecule has 0 saturated heterocycles. The van der Waals surface area contributed by atoms with Crippen LogP contribution in [0.2, 0.25) is 0 Å². The van der Waals surface area contributed by atoms with E-state index in [1.165, 1.54) is 0 Å². The molecule has 0 aromatic heterocycles. The van der Waals surface area contributed by atoms with Crippen LogP contribution in [-0.4, -0.2) is 35.6 Å². The second kappa shape index (κ2) is 8.20. The molecule has 1 N–H and O–H groups in total. The molecular weight excluding hydrogens is 278 g/mol. The maximum absolute atomic E-state index is 12.6. The highest BCUT2D eigenvalue weighted by Gasteiger charge is 2.17. The van der Waals surface area contributed by atoms with Crippen LogP contribution in [0, 0.1) is 0 Å². The Morgan fingerprint density at radius 2 is 1.77 bits per heavy atom. The number of hydrogen-bond acceptors (Lipinski definition) is 3. The average molecular weight is 299 g/mol. The van der Waals surface area contributed by atoms with E-state index in [9.17, 15) is 4.79 Å². The van der Waals surface area contributed by atoms with Gasteiger partial charge in [-0.15, -0.1) is 0 Å². The molecule has 0 aliphatic carbocycles. The van der Waals surface area contributed by atoms with Crippen molar-refractivity contribution in [2.75, 3.05) is 19.7 Å². The summed E-state index contributed by atoms with van der Waals surface area (Å²) in [7, 11) is 0. The summed E-state index contributed by atoms with van der Waals surface area (Å²) in [5.74, 6) is 0.691. The highest BCUT2D eigenvalue weighted by Crippen LogP contribution is 2.16. The minimum Gasteiger partial charge on any atom is -0.489 e. The molecule has 0 atom stereocenters. The van der Waals surface area contributed by atoms with Gasteiger partial charge in [0.15, 0.2) is 0 Å². The summed E-state index contributed by atoms with van der Waals surface area (Å²) in [5.41, 5.74) is 1.46. The lowest BCUT2D eigenvalue weighted by Gasteiger charge is -2.21. The lowest BCUT2D eigenvalue weighted by Crippen LogP contribution is -2.34. The number of ether oxygens (including phenoxy) is 1. The molecule has 1 amide bonds. The van der Waals surface area contributed by atoms with Crippen LogP contribution in [0.15, 0.2) is 54.6 Å². The highest BCUT2D eigenvalue weighted by molar-refractivity contribution is 5.95. The molecule has 0 spiro atoms. The predicted molar refractivity (Wildman–Crippen MR) is 85.9 cm³/mol. The Morgan fingerprint density at radius 1 is 1.09 bits per heavy atom. The molecule has 0 heterocycles. The molecule has 0 radical (unpaired) electrons. The zero-order valence-electron chi connectivity index (χ0n) is 12.7. The number of carbonyl (C=O) groups excluding carboxylic acids is 1. The van der Waals surface area contributed by atoms with Gasteiger partial charge in [0.2, 0.25) is 0 Å². The second-order valence-electron chi connectivity index (χ2n) is 4.87. The summed E-state index contributed by atoms with van der Waals surface area (Å²) in [6.45, 7) is 3.10. The molecule has 116 valence electrons. The van der Waals surface area contributed by atoms with E-state index in [1.807, 2.05) is 55.5 Å². The minimum atomic E-state index is -0.0798. The van der Waals surface area contributed by atoms with Crippen LogP contribution < -0.4 is 4.74 Å². The van der Waals surface area contributed by atoms with Crippen molar-refractivity contribution in [3.63, 3.8) is 0 Å². The lowest BCUT2D eigenvalue weighted by molar-refractivity contribution is 0.0729. The van der Waals surface area contributed by atoms with Crippen LogP contribution in [0.25, 0.3) is 0 Å². The predicted octanol–water partition coefficient (Wildman–Crippen LogP) is 2.72. The Hall–Kier alpha value is -2.33. The van der Waals surface area contributed by atoms with Gasteiger partial charge in [-0.1, -0.05) is 36.4 Å². The first kappa shape index (κ1) is 16.0. The fourth-order valence-corrected chi connectivity index (χ4v) is 2.23. The van der Waals surface area contributed by atoms with Crippen molar-refractivity contribution in [1.82, 2.24) is 4.90 Å². The second-order valence-corrected chi connectivity index (χ2v) is 4.87. The molecule has 0 aliphatic rings. The number of amides is 1. The van der Waals surface area contributed by atoms with Crippen molar-refractivity contribution in [3.05, 3.63) is 65.7 Å². The van der Waals surface area contributed by atoms with E-state index < -0.39 is 0 Å². The van der Waals surface area contributed by atoms with Gasteiger partial charge in [0.05, 0.1) is 6.61 Å². The van der Waals surface area contributed by atoms with Crippen molar-refractivity contribution in [2.45, 2.75) is 13.5 Å². The van der Waals surface area contributed by atoms with Gasteiger partial charge in [0.25, 0.3) is 5.91 Å². The van der Waals surface area contributed by atoms with Crippen molar-refractivity contribution in [2.24, 2.45) is 0 Å². The van der Waals surface area contributed by atoms with E-state index in [2.05, 4.69) is 0 Å². The average Bonchev–Trinajstić information content (AvgIpc) is 2.58. The molecule has 0 saturated carbocycles. The van der Waals surface area contributed by atoms with E-state index >= 15 is 0 Å². The Morgan fingerprint density at radius 3 is 2.45 bits per heavy atom. The van der Waals surface area contributed by atoms with Gasteiger partial charge in [-0.05, 0) is 25.1 Å². The summed E-state index contributed by atoms with van der Waals surface area (Å²) in [6, 6.07) is 16.9. The zero-order chi connectivity index (χ0) is 15.8. The van der Waals surface area contributed by atoms with Crippen LogP contribution in [-0.2, 0) is 6.61 Å². The fraction of sp³-hybridized carbons (Fsp3) is 0.278. The summed E-state index contributed by atoms with van der Waals surface area (Å²) < 4.78 is 5.74. The third-order valence-electron chi connectivity index (χ3n) is 3.42. The number of aliphatic hydroxyl groups excluding tert-OH is 1. The first-order valence-corrected chi connectivity index (χ1v) is 7.42. The van der Waals surface area contributed by atoms with Gasteiger partial charge in [-0.3, -0.25) is 4.79 Å². The zero-order valence-corrected chi connectivity index (χ0v) is 12.7. The maximum atomic E-state index is 12.6. The Bertz CT molecular complexity index is 598. The Labute approximate surface area is 131 Å². The van der Waals surface area contributed by atoms with Crippen molar-refractivity contribution < 1.29 is 14.6 Å². The molecule has 4 heteroatoms. The van der Waals surface area contributed by atoms with Gasteiger partial charge >= 0.3 is 0 Å². The topological polar surface area (TPSA) is 49.8 Å². The molecule has 2 aromatic carbocycles. The van der Waals surface area contributed by atoms with Gasteiger partial charge in [-0.2, -0.15) is 0 Å². The monoisotopic (exact) mass is 299 g/mol. The van der Waals surface area contributed by atoms with Gasteiger partial charge in [0, 0.05) is 24.2 Å². The number of rotatable bonds is 7. The van der Waals surface area contributed by atoms with E-state index in [4.69, 9.17) is 9.84 Å². The summed E-state index contributed by atoms with van der Waals surface area (Å²) in [6.07, 6.45) is 0. The van der Waals surface area contributed by atoms with Crippen LogP contribution in [0.5, 0.6) is 5.75 Å². The van der Waals surface area contributed by atoms with Crippen molar-refractivity contribution >= 4 is 5.91 Å². The molecule has 2 aromatic rings. The number of carbonyl (C=O) groups is 1. The molecule has 0 unspecified atom stereocenters. The number of aliphatic hydroxyl groups is 1. The normalized spacial score (nSPS) is 10.3. The molecule has 0 bridgehead atoms. The van der Waals surface area contributed by atoms with Crippen molar-refractivity contribution in [3.8, 4) is 5.75 Å². The Balaban J connectivity index is 2.14. The maximum Gasteiger partial charge on any atom is 0.254 e. The Kier molecular flexibility index (Phi) is 5.98. The van der Waals surface area contributed by atoms with Gasteiger partial charge < -0.3 is 14.7 Å². The number of para-hydroxylation sites is 1. The van der Waals surface area contributed by atoms with Crippen LogP contribution in [0.1, 0.15) is 22.8 Å². The SMILES string of the molecule is CCN(CCO)C(=O)c1ccccc1COc1ccccc1. The first-order chi connectivity index (χ1) is 10.8. The number of nitrogens with zero attached hydrogens (tertiary/aromatic N) is 1. The molecule has 2 rings (SSSR count). The molecular formula is C18H21NO3. The van der Waals surface area contributed by atoms with E-state index in [0.717, 1.165) is 11.3 Å². The fourth-order valence-electron chi connectivity index (χ4n) is 2.23. The molecule has 0 fully saturated rings. The first-order valence-electron chi connectivity index (χ1n) is 7.42. The molecule has 4 nitrogen and oxygen atoms in total. The summed E-state index contributed by atoms with van der Waals surface area (Å²) >= 11 is 0. The van der Waals surface area contributed by atoms with Crippen LogP contribution in [0.3, 0.4) is 0 Å². The minimum absolute atomic E-state index is 0.0394. The lowest BCUT2D eigenvalue weighted by atomic mass is 10.1. The third-order valence-corrected chi connectivity index (χ3v) is 3.42. The van der Waals surface area contributed by atoms with Crippen molar-refractivity contribution in [1.29, 1.82) is 0 Å². The number of likely N-dealkylation sites (N-methyl/N-ethyl adjacent to an activating group) is 1. The van der Waals surface area contributed by atoms with Crippen LogP contribution in [0.4, 0.5) is 0 Å². The smallest absolute Gasteiger partial charge is 0.254 e. The van der Waals surface area contributed by atoms with E-state index in [1.54, 1.807) is 11.0 Å². The van der Waals surface area contributed by atoms with Gasteiger partial charge in [-0.25, -0.2) is 0 Å². The molecule has 22 heavy (non-hydrogen) atoms. The van der Waals surface area contributed by atoms with Gasteiger partial charge in [0.1, 0.15) is 12.4 Å². The highest BCUT2D eigenvalue weighted by atomic mass is 16.5. The van der Waals surface area contributed by atoms with E-state index in [0.29, 0.717) is 25.3 Å². The summed E-state index contributed by atoms with van der Waals surface area (Å²) in [4.78, 5) is 14.2. The van der Waals surface area contributed by atoms with Crippen LogP contribution >= 0.6 is 0 Å². The quantitative estimate of drug-likeness (QED) is 0.855. The molecule has 0 aliphatic heterocycles. The standard InChI is InChI=1S/C18H21NO3/c1-2-19(12-13-20)18(21)17-11-7-6-8-15(17)14-22-16-9-4-3-5-10-16/h3-11,20H,2,12-14H2,1H3. The third kappa shape index (κ3) is 4.09. The number of benzene rings is 2.